The number of nitrogens with zero attached hydrogens (tertiary/aromatic N) is 3. The van der Waals surface area contributed by atoms with E-state index in [2.05, 4.69) is 21.8 Å². The molecule has 0 aromatic carbocycles. The average Bonchev–Trinajstić information content (AvgIpc) is 2.39. The van der Waals surface area contributed by atoms with Crippen LogP contribution in [0.3, 0.4) is 0 Å². The molecule has 100 valence electrons. The maximum absolute atomic E-state index is 6.16. The van der Waals surface area contributed by atoms with Crippen molar-refractivity contribution in [3.63, 3.8) is 0 Å². The molecule has 1 saturated heterocycles. The van der Waals surface area contributed by atoms with E-state index in [1.165, 1.54) is 0 Å². The van der Waals surface area contributed by atoms with Crippen LogP contribution in [0.5, 0.6) is 6.01 Å². The van der Waals surface area contributed by atoms with Crippen LogP contribution in [0, 0.1) is 5.92 Å². The number of aromatic nitrogens is 2. The topological polar surface area (TPSA) is 64.3 Å². The molecule has 0 bridgehead atoms. The number of methoxy groups -OCH3 is 1. The van der Waals surface area contributed by atoms with E-state index in [-0.39, 0.29) is 6.04 Å². The fourth-order valence-corrected chi connectivity index (χ4v) is 2.50. The number of piperidine rings is 1. The third kappa shape index (κ3) is 2.84. The van der Waals surface area contributed by atoms with Crippen LogP contribution in [0.25, 0.3) is 0 Å². The van der Waals surface area contributed by atoms with Crippen molar-refractivity contribution in [3.8, 4) is 6.01 Å². The molecule has 0 amide bonds. The second-order valence-corrected chi connectivity index (χ2v) is 5.14. The zero-order valence-corrected chi connectivity index (χ0v) is 11.5. The van der Waals surface area contributed by atoms with E-state index in [1.54, 1.807) is 13.3 Å². The van der Waals surface area contributed by atoms with E-state index in [0.717, 1.165) is 31.7 Å². The first kappa shape index (κ1) is 13.4. The summed E-state index contributed by atoms with van der Waals surface area (Å²) >= 11 is 6.16. The van der Waals surface area contributed by atoms with E-state index < -0.39 is 0 Å². The molecule has 2 N–H and O–H groups in total. The van der Waals surface area contributed by atoms with Crippen LogP contribution >= 0.6 is 11.6 Å². The molecule has 1 aliphatic rings. The molecule has 0 spiro atoms. The maximum Gasteiger partial charge on any atom is 0.318 e. The van der Waals surface area contributed by atoms with Gasteiger partial charge in [0.2, 0.25) is 0 Å². The van der Waals surface area contributed by atoms with Gasteiger partial charge in [-0.3, -0.25) is 0 Å². The summed E-state index contributed by atoms with van der Waals surface area (Å²) in [7, 11) is 1.55. The normalized spacial score (nSPS) is 21.8. The first-order valence-electron chi connectivity index (χ1n) is 6.19. The first-order chi connectivity index (χ1) is 8.61. The van der Waals surface area contributed by atoms with E-state index in [1.807, 2.05) is 0 Å². The second kappa shape index (κ2) is 5.71. The zero-order valence-electron chi connectivity index (χ0n) is 10.8. The van der Waals surface area contributed by atoms with Gasteiger partial charge in [-0.25, -0.2) is 4.98 Å². The lowest BCUT2D eigenvalue weighted by Crippen LogP contribution is -2.42. The SMILES string of the molecule is COc1ncc(Cl)c(N2CCCC(C(C)N)C2)n1. The molecule has 2 rings (SSSR count). The van der Waals surface area contributed by atoms with Gasteiger partial charge in [0.25, 0.3) is 0 Å². The largest absolute Gasteiger partial charge is 0.467 e. The second-order valence-electron chi connectivity index (χ2n) is 4.74. The molecule has 1 aromatic heterocycles. The minimum atomic E-state index is 0.190. The summed E-state index contributed by atoms with van der Waals surface area (Å²) in [6, 6.07) is 0.535. The first-order valence-corrected chi connectivity index (χ1v) is 6.56. The third-order valence-corrected chi connectivity index (χ3v) is 3.65. The van der Waals surface area contributed by atoms with Crippen molar-refractivity contribution in [2.24, 2.45) is 11.7 Å². The van der Waals surface area contributed by atoms with Crippen LogP contribution in [0.1, 0.15) is 19.8 Å². The molecule has 0 aliphatic carbocycles. The molecule has 2 heterocycles. The lowest BCUT2D eigenvalue weighted by molar-refractivity contribution is 0.358. The molecular formula is C12H19ClN4O. The Labute approximate surface area is 112 Å². The Kier molecular flexibility index (Phi) is 4.24. The molecule has 0 saturated carbocycles. The Morgan fingerprint density at radius 1 is 1.61 bits per heavy atom. The average molecular weight is 271 g/mol. The van der Waals surface area contributed by atoms with Crippen molar-refractivity contribution >= 4 is 17.4 Å². The standard InChI is InChI=1S/C12H19ClN4O/c1-8(14)9-4-3-5-17(7-9)11-10(13)6-15-12(16-11)18-2/h6,8-9H,3-5,7,14H2,1-2H3. The van der Waals surface area contributed by atoms with Crippen molar-refractivity contribution in [1.82, 2.24) is 9.97 Å². The summed E-state index contributed by atoms with van der Waals surface area (Å²) < 4.78 is 5.04. The monoisotopic (exact) mass is 270 g/mol. The molecule has 18 heavy (non-hydrogen) atoms. The number of nitrogens with two attached hydrogens (primary N) is 1. The molecule has 1 aliphatic heterocycles. The Balaban J connectivity index is 2.19. The van der Waals surface area contributed by atoms with Crippen LogP contribution in [0.15, 0.2) is 6.20 Å². The fraction of sp³-hybridized carbons (Fsp3) is 0.667. The van der Waals surface area contributed by atoms with Crippen molar-refractivity contribution in [1.29, 1.82) is 0 Å². The summed E-state index contributed by atoms with van der Waals surface area (Å²) in [5, 5.41) is 0.557. The van der Waals surface area contributed by atoms with Crippen LogP contribution in [-0.4, -0.2) is 36.2 Å². The van der Waals surface area contributed by atoms with Gasteiger partial charge < -0.3 is 15.4 Å². The number of ether oxygens (including phenoxy) is 1. The van der Waals surface area contributed by atoms with Crippen molar-refractivity contribution in [2.45, 2.75) is 25.8 Å². The van der Waals surface area contributed by atoms with Gasteiger partial charge in [-0.15, -0.1) is 0 Å². The summed E-state index contributed by atoms with van der Waals surface area (Å²) in [6.45, 7) is 3.89. The van der Waals surface area contributed by atoms with Gasteiger partial charge in [-0.1, -0.05) is 11.6 Å². The Morgan fingerprint density at radius 3 is 3.06 bits per heavy atom. The molecule has 2 unspecified atom stereocenters. The number of anilines is 1. The highest BCUT2D eigenvalue weighted by atomic mass is 35.5. The lowest BCUT2D eigenvalue weighted by atomic mass is 9.92. The number of rotatable bonds is 3. The van der Waals surface area contributed by atoms with Crippen molar-refractivity contribution in [3.05, 3.63) is 11.2 Å². The molecule has 1 aromatic rings. The van der Waals surface area contributed by atoms with Gasteiger partial charge in [0, 0.05) is 19.1 Å². The van der Waals surface area contributed by atoms with Gasteiger partial charge in [0.15, 0.2) is 5.82 Å². The Hall–Kier alpha value is -1.07. The fourth-order valence-electron chi connectivity index (χ4n) is 2.29. The molecule has 2 atom stereocenters. The molecular weight excluding hydrogens is 252 g/mol. The van der Waals surface area contributed by atoms with Crippen LogP contribution < -0.4 is 15.4 Å². The van der Waals surface area contributed by atoms with E-state index >= 15 is 0 Å². The van der Waals surface area contributed by atoms with Gasteiger partial charge in [0.1, 0.15) is 5.02 Å². The van der Waals surface area contributed by atoms with E-state index in [0.29, 0.717) is 17.0 Å². The van der Waals surface area contributed by atoms with Gasteiger partial charge in [-0.2, -0.15) is 4.98 Å². The Bertz CT molecular complexity index is 413. The van der Waals surface area contributed by atoms with E-state index in [4.69, 9.17) is 22.1 Å². The minimum absolute atomic E-state index is 0.190. The highest BCUT2D eigenvalue weighted by Crippen LogP contribution is 2.29. The van der Waals surface area contributed by atoms with Crippen LogP contribution in [0.2, 0.25) is 5.02 Å². The van der Waals surface area contributed by atoms with Crippen LogP contribution in [0.4, 0.5) is 5.82 Å². The maximum atomic E-state index is 6.16. The third-order valence-electron chi connectivity index (χ3n) is 3.39. The lowest BCUT2D eigenvalue weighted by Gasteiger charge is -2.35. The summed E-state index contributed by atoms with van der Waals surface area (Å²) in [5.74, 6) is 1.23. The van der Waals surface area contributed by atoms with Gasteiger partial charge >= 0.3 is 6.01 Å². The number of halogens is 1. The number of hydrogen-bond acceptors (Lipinski definition) is 5. The molecule has 1 fully saturated rings. The quantitative estimate of drug-likeness (QED) is 0.906. The highest BCUT2D eigenvalue weighted by molar-refractivity contribution is 6.32. The predicted octanol–water partition coefficient (Wildman–Crippen LogP) is 1.70. The van der Waals surface area contributed by atoms with Gasteiger partial charge in [-0.05, 0) is 25.7 Å². The van der Waals surface area contributed by atoms with Crippen molar-refractivity contribution in [2.75, 3.05) is 25.1 Å². The molecule has 6 heteroatoms. The summed E-state index contributed by atoms with van der Waals surface area (Å²) in [5.41, 5.74) is 5.98. The Morgan fingerprint density at radius 2 is 2.39 bits per heavy atom. The smallest absolute Gasteiger partial charge is 0.318 e. The van der Waals surface area contributed by atoms with E-state index in [9.17, 15) is 0 Å². The van der Waals surface area contributed by atoms with Crippen molar-refractivity contribution < 1.29 is 4.74 Å². The molecule has 0 radical (unpaired) electrons. The zero-order chi connectivity index (χ0) is 13.1. The number of hydrogen-bond donors (Lipinski definition) is 1. The summed E-state index contributed by atoms with van der Waals surface area (Å²) in [6.07, 6.45) is 3.85. The predicted molar refractivity (Wildman–Crippen MR) is 72.2 cm³/mol. The van der Waals surface area contributed by atoms with Crippen LogP contribution in [-0.2, 0) is 0 Å². The molecule has 5 nitrogen and oxygen atoms in total. The van der Waals surface area contributed by atoms with Gasteiger partial charge in [0.05, 0.1) is 13.3 Å². The minimum Gasteiger partial charge on any atom is -0.467 e. The highest BCUT2D eigenvalue weighted by Gasteiger charge is 2.25. The summed E-state index contributed by atoms with van der Waals surface area (Å²) in [4.78, 5) is 10.5.